The molecule has 4 aliphatic carbocycles. The van der Waals surface area contributed by atoms with E-state index in [0.717, 1.165) is 11.8 Å². The summed E-state index contributed by atoms with van der Waals surface area (Å²) in [4.78, 5) is 23.9. The van der Waals surface area contributed by atoms with Crippen molar-refractivity contribution in [1.82, 2.24) is 0 Å². The first kappa shape index (κ1) is 14.0. The maximum absolute atomic E-state index is 12.1. The Balaban J connectivity index is 1.66. The minimum Gasteiger partial charge on any atom is -0.291 e. The molecule has 0 amide bonds. The van der Waals surface area contributed by atoms with Crippen LogP contribution in [-0.4, -0.2) is 11.6 Å². The summed E-state index contributed by atoms with van der Waals surface area (Å²) >= 11 is 0. The molecule has 4 saturated carbocycles. The maximum atomic E-state index is 12.1. The zero-order valence-corrected chi connectivity index (χ0v) is 13.5. The van der Waals surface area contributed by atoms with E-state index in [1.54, 1.807) is 0 Å². The summed E-state index contributed by atoms with van der Waals surface area (Å²) in [5.74, 6) is 2.74. The van der Waals surface area contributed by atoms with Gasteiger partial charge >= 0.3 is 0 Å². The average molecular weight is 288 g/mol. The molecule has 4 fully saturated rings. The maximum Gasteiger partial charge on any atom is 0.198 e. The van der Waals surface area contributed by atoms with Crippen molar-refractivity contribution in [2.75, 3.05) is 0 Å². The number of fused-ring (bicyclic) bond motifs is 5. The van der Waals surface area contributed by atoms with Crippen LogP contribution in [-0.2, 0) is 9.59 Å². The molecule has 21 heavy (non-hydrogen) atoms. The fourth-order valence-electron chi connectivity index (χ4n) is 6.92. The van der Waals surface area contributed by atoms with Crippen LogP contribution in [0.15, 0.2) is 0 Å². The Kier molecular flexibility index (Phi) is 2.94. The zero-order valence-electron chi connectivity index (χ0n) is 13.5. The van der Waals surface area contributed by atoms with E-state index in [4.69, 9.17) is 0 Å². The van der Waals surface area contributed by atoms with Crippen molar-refractivity contribution >= 4 is 11.6 Å². The predicted octanol–water partition coefficient (Wildman–Crippen LogP) is 4.17. The molecule has 2 nitrogen and oxygen atoms in total. The lowest BCUT2D eigenvalue weighted by Crippen LogP contribution is -2.54. The molecule has 6 atom stereocenters. The van der Waals surface area contributed by atoms with Gasteiger partial charge < -0.3 is 0 Å². The molecule has 4 aliphatic rings. The Bertz CT molecular complexity index is 496. The van der Waals surface area contributed by atoms with Gasteiger partial charge in [0.25, 0.3) is 0 Å². The third-order valence-corrected chi connectivity index (χ3v) is 8.13. The highest BCUT2D eigenvalue weighted by atomic mass is 16.2. The molecular formula is C19H28O2. The third-order valence-electron chi connectivity index (χ3n) is 8.13. The van der Waals surface area contributed by atoms with Gasteiger partial charge in [-0.15, -0.1) is 0 Å². The van der Waals surface area contributed by atoms with Crippen LogP contribution < -0.4 is 0 Å². The van der Waals surface area contributed by atoms with Gasteiger partial charge in [-0.2, -0.15) is 0 Å². The second-order valence-electron chi connectivity index (χ2n) is 8.97. The summed E-state index contributed by atoms with van der Waals surface area (Å²) in [6.45, 7) is 4.86. The van der Waals surface area contributed by atoms with Crippen LogP contribution in [0.4, 0.5) is 0 Å². The van der Waals surface area contributed by atoms with Gasteiger partial charge in [0.05, 0.1) is 0 Å². The largest absolute Gasteiger partial charge is 0.291 e. The molecule has 0 radical (unpaired) electrons. The lowest BCUT2D eigenvalue weighted by molar-refractivity contribution is -0.153. The van der Waals surface area contributed by atoms with Gasteiger partial charge in [0, 0.05) is 12.8 Å². The van der Waals surface area contributed by atoms with Gasteiger partial charge in [0.2, 0.25) is 0 Å². The van der Waals surface area contributed by atoms with Crippen molar-refractivity contribution < 1.29 is 9.59 Å². The molecule has 0 aliphatic heterocycles. The van der Waals surface area contributed by atoms with Crippen molar-refractivity contribution in [2.24, 2.45) is 34.5 Å². The molecule has 0 aromatic carbocycles. The Morgan fingerprint density at radius 2 is 1.71 bits per heavy atom. The van der Waals surface area contributed by atoms with E-state index in [0.29, 0.717) is 30.1 Å². The highest BCUT2D eigenvalue weighted by Crippen LogP contribution is 2.65. The quantitative estimate of drug-likeness (QED) is 0.627. The third kappa shape index (κ3) is 1.83. The Morgan fingerprint density at radius 3 is 2.52 bits per heavy atom. The molecule has 0 heterocycles. The molecule has 2 heteroatoms. The van der Waals surface area contributed by atoms with E-state index in [1.165, 1.54) is 44.9 Å². The Labute approximate surface area is 128 Å². The minimum atomic E-state index is -0.0857. The van der Waals surface area contributed by atoms with E-state index in [1.807, 2.05) is 0 Å². The van der Waals surface area contributed by atoms with Gasteiger partial charge in [-0.25, -0.2) is 0 Å². The fourth-order valence-corrected chi connectivity index (χ4v) is 6.92. The van der Waals surface area contributed by atoms with E-state index in [9.17, 15) is 9.59 Å². The second kappa shape index (κ2) is 4.43. The van der Waals surface area contributed by atoms with E-state index in [2.05, 4.69) is 13.8 Å². The fraction of sp³-hybridized carbons (Fsp3) is 0.895. The van der Waals surface area contributed by atoms with Gasteiger partial charge in [0.15, 0.2) is 11.6 Å². The molecule has 0 saturated heterocycles. The number of hydrogen-bond donors (Lipinski definition) is 0. The Morgan fingerprint density at radius 1 is 0.905 bits per heavy atom. The van der Waals surface area contributed by atoms with Crippen LogP contribution in [0.25, 0.3) is 0 Å². The topological polar surface area (TPSA) is 34.1 Å². The number of rotatable bonds is 0. The zero-order chi connectivity index (χ0) is 14.8. The van der Waals surface area contributed by atoms with Crippen molar-refractivity contribution in [3.05, 3.63) is 0 Å². The standard InChI is InChI=1S/C19H28O2/c1-18-8-3-4-14(18)13-6-5-12-10-16(20)17(21)11-19(12,2)15(13)7-9-18/h12-15H,3-11H2,1-2H3/t12?,13-,14-,15+,18-,19-/m0/s1. The normalized spacial score (nSPS) is 53.0. The number of carbonyl (C=O) groups excluding carboxylic acids is 2. The lowest BCUT2D eigenvalue weighted by atomic mass is 9.45. The highest BCUT2D eigenvalue weighted by molar-refractivity contribution is 6.38. The van der Waals surface area contributed by atoms with Crippen LogP contribution in [0.5, 0.6) is 0 Å². The predicted molar refractivity (Wildman–Crippen MR) is 81.7 cm³/mol. The smallest absolute Gasteiger partial charge is 0.198 e. The summed E-state index contributed by atoms with van der Waals surface area (Å²) < 4.78 is 0. The summed E-state index contributed by atoms with van der Waals surface area (Å²) in [6, 6.07) is 0. The van der Waals surface area contributed by atoms with Crippen molar-refractivity contribution in [3.63, 3.8) is 0 Å². The Hall–Kier alpha value is -0.660. The lowest BCUT2D eigenvalue weighted by Gasteiger charge is -2.59. The molecular weight excluding hydrogens is 260 g/mol. The van der Waals surface area contributed by atoms with E-state index < -0.39 is 0 Å². The SMILES string of the molecule is C[C@@]12CCC[C@H]1[C@@H]1CCC3CC(=O)C(=O)C[C@]3(C)[C@@H]1CC2. The van der Waals surface area contributed by atoms with Gasteiger partial charge in [-0.3, -0.25) is 9.59 Å². The van der Waals surface area contributed by atoms with Crippen molar-refractivity contribution in [1.29, 1.82) is 0 Å². The summed E-state index contributed by atoms with van der Waals surface area (Å²) in [7, 11) is 0. The molecule has 0 aromatic rings. The van der Waals surface area contributed by atoms with Crippen LogP contribution in [0, 0.1) is 34.5 Å². The van der Waals surface area contributed by atoms with Crippen LogP contribution in [0.2, 0.25) is 0 Å². The van der Waals surface area contributed by atoms with Crippen LogP contribution >= 0.6 is 0 Å². The first-order valence-corrected chi connectivity index (χ1v) is 9.00. The molecule has 1 unspecified atom stereocenters. The number of hydrogen-bond acceptors (Lipinski definition) is 2. The highest BCUT2D eigenvalue weighted by Gasteiger charge is 2.59. The molecule has 116 valence electrons. The molecule has 4 rings (SSSR count). The second-order valence-corrected chi connectivity index (χ2v) is 8.97. The monoisotopic (exact) mass is 288 g/mol. The average Bonchev–Trinajstić information content (AvgIpc) is 2.82. The van der Waals surface area contributed by atoms with Gasteiger partial charge in [0.1, 0.15) is 0 Å². The summed E-state index contributed by atoms with van der Waals surface area (Å²) in [6.07, 6.45) is 10.5. The van der Waals surface area contributed by atoms with E-state index in [-0.39, 0.29) is 17.0 Å². The molecule has 0 N–H and O–H groups in total. The van der Waals surface area contributed by atoms with Crippen molar-refractivity contribution in [3.8, 4) is 0 Å². The minimum absolute atomic E-state index is 0.0749. The first-order valence-electron chi connectivity index (χ1n) is 9.00. The number of ketones is 2. The number of Topliss-reactive ketones (excluding diaryl/α,β-unsaturated/α-hetero) is 2. The molecule has 0 spiro atoms. The van der Waals surface area contributed by atoms with Gasteiger partial charge in [-0.1, -0.05) is 20.3 Å². The summed E-state index contributed by atoms with van der Waals surface area (Å²) in [5, 5.41) is 0. The first-order chi connectivity index (χ1) is 9.94. The van der Waals surface area contributed by atoms with Gasteiger partial charge in [-0.05, 0) is 73.0 Å². The molecule has 0 aromatic heterocycles. The number of carbonyl (C=O) groups is 2. The van der Waals surface area contributed by atoms with Crippen molar-refractivity contribution in [2.45, 2.75) is 71.6 Å². The van der Waals surface area contributed by atoms with Crippen LogP contribution in [0.1, 0.15) is 71.6 Å². The summed E-state index contributed by atoms with van der Waals surface area (Å²) in [5.41, 5.74) is 0.705. The molecule has 0 bridgehead atoms. The van der Waals surface area contributed by atoms with Crippen LogP contribution in [0.3, 0.4) is 0 Å². The van der Waals surface area contributed by atoms with E-state index >= 15 is 0 Å².